The molecule has 0 aliphatic carbocycles. The topological polar surface area (TPSA) is 110 Å². The zero-order valence-corrected chi connectivity index (χ0v) is 20.9. The SMILES string of the molecule is COC(=O)c1ccc(C(=O)CCCNC(=O)CCC(=O)O)cc1P(c1ccccc1)c1ccccc1. The molecule has 3 rings (SSSR count). The average molecular weight is 506 g/mol. The van der Waals surface area contributed by atoms with E-state index in [-0.39, 0.29) is 37.5 Å². The maximum Gasteiger partial charge on any atom is 0.338 e. The first-order valence-corrected chi connectivity index (χ1v) is 12.9. The number of benzene rings is 3. The monoisotopic (exact) mass is 505 g/mol. The van der Waals surface area contributed by atoms with Gasteiger partial charge in [0, 0.05) is 30.3 Å². The van der Waals surface area contributed by atoms with Crippen LogP contribution in [0.3, 0.4) is 0 Å². The number of methoxy groups -OCH3 is 1. The van der Waals surface area contributed by atoms with Crippen molar-refractivity contribution >= 4 is 47.5 Å². The first-order chi connectivity index (χ1) is 17.4. The van der Waals surface area contributed by atoms with E-state index in [1.54, 1.807) is 18.2 Å². The quantitative estimate of drug-likeness (QED) is 0.169. The van der Waals surface area contributed by atoms with E-state index in [9.17, 15) is 19.2 Å². The van der Waals surface area contributed by atoms with Crippen LogP contribution in [0.5, 0.6) is 0 Å². The van der Waals surface area contributed by atoms with E-state index < -0.39 is 19.9 Å². The first-order valence-electron chi connectivity index (χ1n) is 11.5. The van der Waals surface area contributed by atoms with Gasteiger partial charge in [0.2, 0.25) is 5.91 Å². The van der Waals surface area contributed by atoms with Crippen LogP contribution >= 0.6 is 7.92 Å². The van der Waals surface area contributed by atoms with Gasteiger partial charge in [-0.25, -0.2) is 4.79 Å². The number of hydrogen-bond acceptors (Lipinski definition) is 5. The summed E-state index contributed by atoms with van der Waals surface area (Å²) in [4.78, 5) is 47.9. The van der Waals surface area contributed by atoms with E-state index in [2.05, 4.69) is 5.32 Å². The number of nitrogens with one attached hydrogen (secondary N) is 1. The third-order valence-electron chi connectivity index (χ3n) is 5.46. The summed E-state index contributed by atoms with van der Waals surface area (Å²) in [7, 11) is 0.198. The van der Waals surface area contributed by atoms with Gasteiger partial charge in [-0.2, -0.15) is 0 Å². The molecule has 7 nitrogen and oxygen atoms in total. The van der Waals surface area contributed by atoms with Crippen LogP contribution in [0.2, 0.25) is 0 Å². The van der Waals surface area contributed by atoms with Crippen molar-refractivity contribution in [1.82, 2.24) is 5.32 Å². The van der Waals surface area contributed by atoms with Crippen LogP contribution in [0.4, 0.5) is 0 Å². The summed E-state index contributed by atoms with van der Waals surface area (Å²) in [5.41, 5.74) is 0.896. The molecule has 0 saturated carbocycles. The van der Waals surface area contributed by atoms with Gasteiger partial charge in [0.05, 0.1) is 19.1 Å². The minimum Gasteiger partial charge on any atom is -0.481 e. The van der Waals surface area contributed by atoms with Gasteiger partial charge in [0.1, 0.15) is 0 Å². The lowest BCUT2D eigenvalue weighted by Crippen LogP contribution is -2.27. The molecule has 0 aliphatic heterocycles. The number of hydrogen-bond donors (Lipinski definition) is 2. The van der Waals surface area contributed by atoms with Crippen LogP contribution < -0.4 is 21.2 Å². The van der Waals surface area contributed by atoms with Gasteiger partial charge in [-0.15, -0.1) is 0 Å². The Kier molecular flexibility index (Phi) is 9.90. The molecule has 0 heterocycles. The van der Waals surface area contributed by atoms with Crippen molar-refractivity contribution in [2.75, 3.05) is 13.7 Å². The number of carbonyl (C=O) groups excluding carboxylic acids is 3. The summed E-state index contributed by atoms with van der Waals surface area (Å²) in [5, 5.41) is 14.1. The molecule has 0 aliphatic rings. The zero-order valence-electron chi connectivity index (χ0n) is 20.0. The van der Waals surface area contributed by atoms with Crippen LogP contribution in [0, 0.1) is 0 Å². The number of carboxylic acid groups (broad SMARTS) is 1. The number of ketones is 1. The van der Waals surface area contributed by atoms with Crippen LogP contribution in [0.25, 0.3) is 0 Å². The summed E-state index contributed by atoms with van der Waals surface area (Å²) in [6, 6.07) is 24.8. The molecular formula is C28H28NO6P. The Balaban J connectivity index is 1.85. The highest BCUT2D eigenvalue weighted by Crippen LogP contribution is 2.34. The molecule has 0 unspecified atom stereocenters. The molecule has 2 N–H and O–H groups in total. The highest BCUT2D eigenvalue weighted by molar-refractivity contribution is 7.80. The van der Waals surface area contributed by atoms with E-state index in [0.29, 0.717) is 17.5 Å². The molecule has 0 saturated heterocycles. The lowest BCUT2D eigenvalue weighted by molar-refractivity contribution is -0.138. The van der Waals surface area contributed by atoms with Gasteiger partial charge in [-0.05, 0) is 37.1 Å². The van der Waals surface area contributed by atoms with Gasteiger partial charge < -0.3 is 15.2 Å². The van der Waals surface area contributed by atoms with E-state index in [0.717, 1.165) is 15.9 Å². The fourth-order valence-electron chi connectivity index (χ4n) is 3.68. The second-order valence-corrected chi connectivity index (χ2v) is 10.2. The second-order valence-electron chi connectivity index (χ2n) is 8.00. The molecule has 0 bridgehead atoms. The third kappa shape index (κ3) is 7.33. The van der Waals surface area contributed by atoms with Crippen molar-refractivity contribution in [3.05, 3.63) is 90.0 Å². The van der Waals surface area contributed by atoms with Gasteiger partial charge in [0.25, 0.3) is 0 Å². The average Bonchev–Trinajstić information content (AvgIpc) is 2.90. The highest BCUT2D eigenvalue weighted by Gasteiger charge is 2.24. The largest absolute Gasteiger partial charge is 0.481 e. The number of amides is 1. The molecule has 0 spiro atoms. The number of ether oxygens (including phenoxy) is 1. The molecule has 3 aromatic carbocycles. The number of Topliss-reactive ketones (excluding diaryl/α,β-unsaturated/α-hetero) is 1. The van der Waals surface area contributed by atoms with Crippen molar-refractivity contribution in [3.8, 4) is 0 Å². The lowest BCUT2D eigenvalue weighted by Gasteiger charge is -2.22. The predicted octanol–water partition coefficient (Wildman–Crippen LogP) is 3.18. The van der Waals surface area contributed by atoms with E-state index in [4.69, 9.17) is 9.84 Å². The Hall–Kier alpha value is -3.83. The lowest BCUT2D eigenvalue weighted by atomic mass is 10.0. The number of carbonyl (C=O) groups is 4. The molecule has 0 fully saturated rings. The van der Waals surface area contributed by atoms with E-state index >= 15 is 0 Å². The van der Waals surface area contributed by atoms with Crippen LogP contribution in [-0.2, 0) is 14.3 Å². The molecule has 1 amide bonds. The molecule has 0 atom stereocenters. The minimum absolute atomic E-state index is 0.0931. The van der Waals surface area contributed by atoms with Crippen LogP contribution in [0.15, 0.2) is 78.9 Å². The molecule has 0 radical (unpaired) electrons. The molecule has 36 heavy (non-hydrogen) atoms. The Labute approximate surface area is 211 Å². The molecule has 8 heteroatoms. The zero-order chi connectivity index (χ0) is 25.9. The van der Waals surface area contributed by atoms with Crippen molar-refractivity contribution < 1.29 is 29.0 Å². The Morgan fingerprint density at radius 3 is 2.00 bits per heavy atom. The summed E-state index contributed by atoms with van der Waals surface area (Å²) in [6.07, 6.45) is 0.290. The second kappa shape index (κ2) is 13.3. The van der Waals surface area contributed by atoms with Gasteiger partial charge in [0.15, 0.2) is 5.78 Å². The standard InChI is InChI=1S/C28H28NO6P/c1-35-28(34)23-15-14-20(24(30)13-8-18-29-26(31)16-17-27(32)33)19-25(23)36(21-9-4-2-5-10-21)22-11-6-3-7-12-22/h2-7,9-12,14-15,19H,8,13,16-18H2,1H3,(H,29,31)(H,32,33). The number of carboxylic acids is 1. The number of esters is 1. The Bertz CT molecular complexity index is 1170. The molecule has 0 aromatic heterocycles. The fraction of sp³-hybridized carbons (Fsp3) is 0.214. The van der Waals surface area contributed by atoms with Crippen molar-refractivity contribution in [2.24, 2.45) is 0 Å². The maximum atomic E-state index is 13.0. The minimum atomic E-state index is -1.14. The summed E-state index contributed by atoms with van der Waals surface area (Å²) >= 11 is 0. The Morgan fingerprint density at radius 1 is 0.833 bits per heavy atom. The van der Waals surface area contributed by atoms with E-state index in [1.807, 2.05) is 60.7 Å². The first kappa shape index (κ1) is 26.8. The highest BCUT2D eigenvalue weighted by atomic mass is 31.1. The van der Waals surface area contributed by atoms with Crippen molar-refractivity contribution in [1.29, 1.82) is 0 Å². The van der Waals surface area contributed by atoms with Gasteiger partial charge in [-0.1, -0.05) is 66.7 Å². The summed E-state index contributed by atoms with van der Waals surface area (Å²) < 4.78 is 5.05. The summed E-state index contributed by atoms with van der Waals surface area (Å²) in [6.45, 7) is 0.276. The molecular weight excluding hydrogens is 477 g/mol. The van der Waals surface area contributed by atoms with E-state index in [1.165, 1.54) is 7.11 Å². The van der Waals surface area contributed by atoms with Gasteiger partial charge >= 0.3 is 11.9 Å². The number of aliphatic carboxylic acids is 1. The van der Waals surface area contributed by atoms with Crippen LogP contribution in [-0.4, -0.2) is 42.4 Å². The predicted molar refractivity (Wildman–Crippen MR) is 140 cm³/mol. The fourth-order valence-corrected chi connectivity index (χ4v) is 6.15. The maximum absolute atomic E-state index is 13.0. The molecule has 3 aromatic rings. The van der Waals surface area contributed by atoms with Gasteiger partial charge in [-0.3, -0.25) is 14.4 Å². The third-order valence-corrected chi connectivity index (χ3v) is 7.94. The summed E-state index contributed by atoms with van der Waals surface area (Å²) in [5.74, 6) is -1.96. The van der Waals surface area contributed by atoms with Crippen molar-refractivity contribution in [2.45, 2.75) is 25.7 Å². The molecule has 186 valence electrons. The Morgan fingerprint density at radius 2 is 1.44 bits per heavy atom. The smallest absolute Gasteiger partial charge is 0.338 e. The normalized spacial score (nSPS) is 10.6. The van der Waals surface area contributed by atoms with Crippen LogP contribution in [0.1, 0.15) is 46.4 Å². The number of rotatable bonds is 12. The van der Waals surface area contributed by atoms with Crippen molar-refractivity contribution in [3.63, 3.8) is 0 Å².